The SMILES string of the molecule is CCC1(CC)CSC(=NC(CN(C)C)C(C)C)N1. The highest BCUT2D eigenvalue weighted by Gasteiger charge is 2.34. The van der Waals surface area contributed by atoms with Gasteiger partial charge in [0, 0.05) is 17.8 Å². The monoisotopic (exact) mass is 271 g/mol. The van der Waals surface area contributed by atoms with Gasteiger partial charge in [0.05, 0.1) is 6.04 Å². The van der Waals surface area contributed by atoms with Crippen LogP contribution in [0, 0.1) is 5.92 Å². The van der Waals surface area contributed by atoms with E-state index in [-0.39, 0.29) is 5.54 Å². The van der Waals surface area contributed by atoms with Crippen molar-refractivity contribution in [1.29, 1.82) is 0 Å². The molecule has 0 spiro atoms. The van der Waals surface area contributed by atoms with Gasteiger partial charge >= 0.3 is 0 Å². The van der Waals surface area contributed by atoms with Crippen LogP contribution in [0.15, 0.2) is 4.99 Å². The Labute approximate surface area is 117 Å². The maximum absolute atomic E-state index is 4.93. The number of aliphatic imine (C=N–C) groups is 1. The van der Waals surface area contributed by atoms with E-state index in [2.05, 4.69) is 52.0 Å². The van der Waals surface area contributed by atoms with Crippen molar-refractivity contribution in [2.45, 2.75) is 52.1 Å². The number of hydrogen-bond donors (Lipinski definition) is 1. The molecule has 3 nitrogen and oxygen atoms in total. The fraction of sp³-hybridized carbons (Fsp3) is 0.929. The van der Waals surface area contributed by atoms with E-state index in [0.29, 0.717) is 12.0 Å². The summed E-state index contributed by atoms with van der Waals surface area (Å²) >= 11 is 1.89. The standard InChI is InChI=1S/C14H29N3S/c1-7-14(8-2)10-18-13(16-14)15-12(11(3)4)9-17(5)6/h11-12H,7-10H2,1-6H3,(H,15,16). The summed E-state index contributed by atoms with van der Waals surface area (Å²) in [5.41, 5.74) is 0.281. The molecule has 0 aromatic carbocycles. The van der Waals surface area contributed by atoms with E-state index in [4.69, 9.17) is 4.99 Å². The molecule has 0 aromatic rings. The summed E-state index contributed by atoms with van der Waals surface area (Å²) < 4.78 is 0. The minimum atomic E-state index is 0.281. The first-order valence-corrected chi connectivity index (χ1v) is 8.04. The predicted molar refractivity (Wildman–Crippen MR) is 83.5 cm³/mol. The lowest BCUT2D eigenvalue weighted by Gasteiger charge is -2.26. The molecule has 0 saturated carbocycles. The van der Waals surface area contributed by atoms with Crippen LogP contribution in [0.3, 0.4) is 0 Å². The smallest absolute Gasteiger partial charge is 0.157 e. The summed E-state index contributed by atoms with van der Waals surface area (Å²) in [4.78, 5) is 7.16. The highest BCUT2D eigenvalue weighted by molar-refractivity contribution is 8.14. The van der Waals surface area contributed by atoms with E-state index >= 15 is 0 Å². The van der Waals surface area contributed by atoms with Crippen LogP contribution in [0.2, 0.25) is 0 Å². The van der Waals surface area contributed by atoms with Crippen LogP contribution in [0.1, 0.15) is 40.5 Å². The lowest BCUT2D eigenvalue weighted by Crippen LogP contribution is -2.43. The fourth-order valence-electron chi connectivity index (χ4n) is 2.13. The molecule has 0 amide bonds. The molecule has 0 radical (unpaired) electrons. The molecular formula is C14H29N3S. The van der Waals surface area contributed by atoms with Crippen molar-refractivity contribution in [2.75, 3.05) is 26.4 Å². The number of thioether (sulfide) groups is 1. The maximum atomic E-state index is 4.93. The normalized spacial score (nSPS) is 22.8. The molecule has 1 saturated heterocycles. The van der Waals surface area contributed by atoms with Gasteiger partial charge in [-0.05, 0) is 32.9 Å². The zero-order valence-corrected chi connectivity index (χ0v) is 13.6. The Balaban J connectivity index is 2.71. The summed E-state index contributed by atoms with van der Waals surface area (Å²) in [6.07, 6.45) is 2.35. The minimum absolute atomic E-state index is 0.281. The van der Waals surface area contributed by atoms with E-state index < -0.39 is 0 Å². The van der Waals surface area contributed by atoms with Crippen LogP contribution in [0.5, 0.6) is 0 Å². The fourth-order valence-corrected chi connectivity index (χ4v) is 3.52. The van der Waals surface area contributed by atoms with Crippen molar-refractivity contribution in [3.8, 4) is 0 Å². The average molecular weight is 271 g/mol. The van der Waals surface area contributed by atoms with Crippen molar-refractivity contribution < 1.29 is 0 Å². The number of likely N-dealkylation sites (N-methyl/N-ethyl adjacent to an activating group) is 1. The molecule has 1 aliphatic heterocycles. The van der Waals surface area contributed by atoms with Crippen molar-refractivity contribution >= 4 is 16.9 Å². The minimum Gasteiger partial charge on any atom is -0.359 e. The van der Waals surface area contributed by atoms with Crippen LogP contribution >= 0.6 is 11.8 Å². The molecule has 1 heterocycles. The Hall–Kier alpha value is -0.220. The van der Waals surface area contributed by atoms with Crippen molar-refractivity contribution in [1.82, 2.24) is 10.2 Å². The summed E-state index contributed by atoms with van der Waals surface area (Å²) in [6.45, 7) is 10.1. The average Bonchev–Trinajstić information content (AvgIpc) is 2.72. The van der Waals surface area contributed by atoms with Crippen LogP contribution < -0.4 is 5.32 Å². The molecule has 0 aromatic heterocycles. The van der Waals surface area contributed by atoms with Crippen LogP contribution in [-0.4, -0.2) is 48.0 Å². The topological polar surface area (TPSA) is 27.6 Å². The largest absolute Gasteiger partial charge is 0.359 e. The maximum Gasteiger partial charge on any atom is 0.157 e. The van der Waals surface area contributed by atoms with Crippen molar-refractivity contribution in [2.24, 2.45) is 10.9 Å². The predicted octanol–water partition coefficient (Wildman–Crippen LogP) is 2.82. The zero-order valence-electron chi connectivity index (χ0n) is 12.8. The van der Waals surface area contributed by atoms with E-state index in [1.807, 2.05) is 11.8 Å². The third-order valence-electron chi connectivity index (χ3n) is 3.82. The molecule has 1 unspecified atom stereocenters. The van der Waals surface area contributed by atoms with Crippen molar-refractivity contribution in [3.05, 3.63) is 0 Å². The summed E-state index contributed by atoms with van der Waals surface area (Å²) in [7, 11) is 4.24. The third kappa shape index (κ3) is 4.16. The molecule has 1 atom stereocenters. The molecule has 0 aliphatic carbocycles. The van der Waals surface area contributed by atoms with E-state index in [1.165, 1.54) is 12.8 Å². The molecule has 18 heavy (non-hydrogen) atoms. The molecule has 106 valence electrons. The van der Waals surface area contributed by atoms with Gasteiger partial charge in [0.15, 0.2) is 5.17 Å². The molecule has 0 bridgehead atoms. The lowest BCUT2D eigenvalue weighted by molar-refractivity contribution is 0.331. The first kappa shape index (κ1) is 15.8. The number of amidine groups is 1. The van der Waals surface area contributed by atoms with Crippen LogP contribution in [0.4, 0.5) is 0 Å². The van der Waals surface area contributed by atoms with Gasteiger partial charge in [-0.2, -0.15) is 0 Å². The van der Waals surface area contributed by atoms with Gasteiger partial charge < -0.3 is 10.2 Å². The first-order valence-electron chi connectivity index (χ1n) is 7.06. The van der Waals surface area contributed by atoms with Gasteiger partial charge in [0.1, 0.15) is 0 Å². The zero-order chi connectivity index (χ0) is 13.8. The Kier molecular flexibility index (Phi) is 5.99. The van der Waals surface area contributed by atoms with Crippen LogP contribution in [0.25, 0.3) is 0 Å². The molecule has 4 heteroatoms. The Bertz CT molecular complexity index is 283. The summed E-state index contributed by atoms with van der Waals surface area (Å²) in [6, 6.07) is 0.388. The lowest BCUT2D eigenvalue weighted by atomic mass is 9.96. The molecular weight excluding hydrogens is 242 g/mol. The van der Waals surface area contributed by atoms with Gasteiger partial charge in [0.25, 0.3) is 0 Å². The highest BCUT2D eigenvalue weighted by atomic mass is 32.2. The van der Waals surface area contributed by atoms with Gasteiger partial charge in [-0.3, -0.25) is 4.99 Å². The van der Waals surface area contributed by atoms with Crippen LogP contribution in [-0.2, 0) is 0 Å². The van der Waals surface area contributed by atoms with Gasteiger partial charge in [-0.1, -0.05) is 39.5 Å². The van der Waals surface area contributed by atoms with E-state index in [0.717, 1.165) is 17.5 Å². The van der Waals surface area contributed by atoms with E-state index in [1.54, 1.807) is 0 Å². The Morgan fingerprint density at radius 1 is 1.33 bits per heavy atom. The van der Waals surface area contributed by atoms with E-state index in [9.17, 15) is 0 Å². The van der Waals surface area contributed by atoms with Gasteiger partial charge in [0.2, 0.25) is 0 Å². The quantitative estimate of drug-likeness (QED) is 0.805. The second-order valence-electron chi connectivity index (χ2n) is 5.91. The van der Waals surface area contributed by atoms with Gasteiger partial charge in [-0.15, -0.1) is 0 Å². The molecule has 1 N–H and O–H groups in total. The second-order valence-corrected chi connectivity index (χ2v) is 6.87. The number of hydrogen-bond acceptors (Lipinski definition) is 3. The highest BCUT2D eigenvalue weighted by Crippen LogP contribution is 2.29. The molecule has 1 rings (SSSR count). The van der Waals surface area contributed by atoms with Gasteiger partial charge in [-0.25, -0.2) is 0 Å². The Morgan fingerprint density at radius 3 is 2.33 bits per heavy atom. The number of nitrogens with one attached hydrogen (secondary N) is 1. The number of rotatable bonds is 6. The molecule has 1 aliphatic rings. The third-order valence-corrected chi connectivity index (χ3v) is 4.99. The number of nitrogens with zero attached hydrogens (tertiary/aromatic N) is 2. The summed E-state index contributed by atoms with van der Waals surface area (Å²) in [5, 5.41) is 4.81. The summed E-state index contributed by atoms with van der Waals surface area (Å²) in [5.74, 6) is 1.74. The second kappa shape index (κ2) is 6.80. The molecule has 1 fully saturated rings. The van der Waals surface area contributed by atoms with Crippen molar-refractivity contribution in [3.63, 3.8) is 0 Å². The first-order chi connectivity index (χ1) is 8.42. The Morgan fingerprint density at radius 2 is 1.94 bits per heavy atom.